The molecule has 6 heteroatoms. The second-order valence-corrected chi connectivity index (χ2v) is 5.03. The first-order valence-corrected chi connectivity index (χ1v) is 6.95. The molecule has 0 radical (unpaired) electrons. The van der Waals surface area contributed by atoms with Gasteiger partial charge in [0.25, 0.3) is 6.43 Å². The van der Waals surface area contributed by atoms with Gasteiger partial charge >= 0.3 is 0 Å². The van der Waals surface area contributed by atoms with Crippen LogP contribution in [0.25, 0.3) is 0 Å². The summed E-state index contributed by atoms with van der Waals surface area (Å²) in [5, 5.41) is 6.07. The first-order valence-electron chi connectivity index (χ1n) is 6.95. The van der Waals surface area contributed by atoms with Crippen molar-refractivity contribution in [2.24, 2.45) is 5.41 Å². The molecule has 1 heterocycles. The minimum absolute atomic E-state index is 0.0159. The van der Waals surface area contributed by atoms with Crippen LogP contribution in [0, 0.1) is 5.41 Å². The monoisotopic (exact) mass is 278 g/mol. The van der Waals surface area contributed by atoms with Crippen LogP contribution in [0.4, 0.5) is 8.78 Å². The van der Waals surface area contributed by atoms with E-state index < -0.39 is 13.0 Å². The lowest BCUT2D eigenvalue weighted by Gasteiger charge is -2.36. The van der Waals surface area contributed by atoms with Crippen molar-refractivity contribution >= 4 is 5.91 Å². The molecular weight excluding hydrogens is 254 g/mol. The molecule has 1 fully saturated rings. The lowest BCUT2D eigenvalue weighted by Crippen LogP contribution is -2.51. The molecule has 2 N–H and O–H groups in total. The molecule has 1 aliphatic heterocycles. The number of halogens is 2. The molecule has 1 aliphatic rings. The van der Waals surface area contributed by atoms with E-state index in [9.17, 15) is 13.6 Å². The topological polar surface area (TPSA) is 50.4 Å². The van der Waals surface area contributed by atoms with Crippen LogP contribution in [0.15, 0.2) is 0 Å². The number of rotatable bonds is 8. The molecule has 1 atom stereocenters. The Kier molecular flexibility index (Phi) is 7.23. The molecule has 1 saturated heterocycles. The molecular formula is C13H24F2N2O2. The van der Waals surface area contributed by atoms with Crippen molar-refractivity contribution in [3.8, 4) is 0 Å². The van der Waals surface area contributed by atoms with Crippen LogP contribution in [0.3, 0.4) is 0 Å². The van der Waals surface area contributed by atoms with Crippen molar-refractivity contribution in [1.29, 1.82) is 0 Å². The Morgan fingerprint density at radius 3 is 2.89 bits per heavy atom. The molecule has 0 aromatic heterocycles. The average Bonchev–Trinajstić information content (AvgIpc) is 2.39. The molecule has 0 bridgehead atoms. The Morgan fingerprint density at radius 1 is 1.53 bits per heavy atom. The van der Waals surface area contributed by atoms with E-state index in [2.05, 4.69) is 17.6 Å². The minimum Gasteiger partial charge on any atom is -0.374 e. The highest BCUT2D eigenvalue weighted by Crippen LogP contribution is 2.31. The molecule has 4 nitrogen and oxygen atoms in total. The van der Waals surface area contributed by atoms with Crippen LogP contribution in [0.1, 0.15) is 32.6 Å². The highest BCUT2D eigenvalue weighted by atomic mass is 19.3. The fourth-order valence-corrected chi connectivity index (χ4v) is 2.56. The van der Waals surface area contributed by atoms with Gasteiger partial charge in [0.1, 0.15) is 6.61 Å². The van der Waals surface area contributed by atoms with E-state index in [1.54, 1.807) is 0 Å². The van der Waals surface area contributed by atoms with Gasteiger partial charge in [-0.25, -0.2) is 8.78 Å². The highest BCUT2D eigenvalue weighted by molar-refractivity contribution is 5.83. The molecule has 112 valence electrons. The Morgan fingerprint density at radius 2 is 2.32 bits per heavy atom. The summed E-state index contributed by atoms with van der Waals surface area (Å²) >= 11 is 0. The molecule has 1 amide bonds. The first kappa shape index (κ1) is 16.3. The molecule has 0 aliphatic carbocycles. The summed E-state index contributed by atoms with van der Waals surface area (Å²) in [6.07, 6.45) is 1.23. The lowest BCUT2D eigenvalue weighted by atomic mass is 9.76. The van der Waals surface area contributed by atoms with Gasteiger partial charge in [0.2, 0.25) is 5.91 Å². The summed E-state index contributed by atoms with van der Waals surface area (Å²) in [5.41, 5.74) is -0.338. The van der Waals surface area contributed by atoms with Crippen LogP contribution >= 0.6 is 0 Å². The number of alkyl halides is 2. The molecule has 1 unspecified atom stereocenters. The van der Waals surface area contributed by atoms with Crippen LogP contribution in [0.5, 0.6) is 0 Å². The van der Waals surface area contributed by atoms with Gasteiger partial charge in [0.05, 0.1) is 12.0 Å². The number of carbonyl (C=O) groups excluding carboxylic acids is 1. The summed E-state index contributed by atoms with van der Waals surface area (Å²) in [7, 11) is 0. The number of hydrogen-bond donors (Lipinski definition) is 2. The summed E-state index contributed by atoms with van der Waals surface area (Å²) < 4.78 is 28.4. The van der Waals surface area contributed by atoms with Crippen LogP contribution in [-0.2, 0) is 9.53 Å². The van der Waals surface area contributed by atoms with Crippen molar-refractivity contribution in [3.63, 3.8) is 0 Å². The van der Waals surface area contributed by atoms with Gasteiger partial charge in [-0.1, -0.05) is 13.3 Å². The zero-order valence-electron chi connectivity index (χ0n) is 11.5. The largest absolute Gasteiger partial charge is 0.374 e. The quantitative estimate of drug-likeness (QED) is 0.662. The fraction of sp³-hybridized carbons (Fsp3) is 0.923. The maximum atomic E-state index is 12.3. The minimum atomic E-state index is -2.45. The normalized spacial score (nSPS) is 23.6. The summed E-state index contributed by atoms with van der Waals surface area (Å²) in [5.74, 6) is 0.0159. The van der Waals surface area contributed by atoms with Crippen molar-refractivity contribution in [3.05, 3.63) is 0 Å². The highest BCUT2D eigenvalue weighted by Gasteiger charge is 2.38. The molecule has 0 saturated carbocycles. The summed E-state index contributed by atoms with van der Waals surface area (Å²) in [6, 6.07) is 0. The molecule has 0 aromatic carbocycles. The van der Waals surface area contributed by atoms with Gasteiger partial charge in [-0.3, -0.25) is 4.79 Å². The molecule has 0 aromatic rings. The van der Waals surface area contributed by atoms with E-state index in [1.165, 1.54) is 0 Å². The molecule has 1 rings (SSSR count). The number of amides is 1. The van der Waals surface area contributed by atoms with E-state index in [0.717, 1.165) is 32.2 Å². The third-order valence-corrected chi connectivity index (χ3v) is 3.46. The predicted molar refractivity (Wildman–Crippen MR) is 69.3 cm³/mol. The van der Waals surface area contributed by atoms with Gasteiger partial charge in [-0.2, -0.15) is 0 Å². The van der Waals surface area contributed by atoms with Crippen molar-refractivity contribution in [2.45, 2.75) is 39.0 Å². The second-order valence-electron chi connectivity index (χ2n) is 5.03. The SMILES string of the molecule is CCCC1(C(=O)NCCOCC(F)F)CCCNC1. The Bertz CT molecular complexity index is 264. The lowest BCUT2D eigenvalue weighted by molar-refractivity contribution is -0.132. The van der Waals surface area contributed by atoms with E-state index in [4.69, 9.17) is 4.74 Å². The number of ether oxygens (including phenoxy) is 1. The zero-order valence-corrected chi connectivity index (χ0v) is 11.5. The van der Waals surface area contributed by atoms with Gasteiger partial charge < -0.3 is 15.4 Å². The van der Waals surface area contributed by atoms with E-state index in [-0.39, 0.29) is 24.5 Å². The third-order valence-electron chi connectivity index (χ3n) is 3.46. The van der Waals surface area contributed by atoms with Crippen LogP contribution < -0.4 is 10.6 Å². The maximum Gasteiger partial charge on any atom is 0.261 e. The number of nitrogens with one attached hydrogen (secondary N) is 2. The third kappa shape index (κ3) is 5.40. The zero-order chi connectivity index (χ0) is 14.1. The Hall–Kier alpha value is -0.750. The van der Waals surface area contributed by atoms with Crippen LogP contribution in [0.2, 0.25) is 0 Å². The summed E-state index contributed by atoms with van der Waals surface area (Å²) in [4.78, 5) is 12.3. The van der Waals surface area contributed by atoms with Crippen molar-refractivity contribution in [1.82, 2.24) is 10.6 Å². The number of hydrogen-bond acceptors (Lipinski definition) is 3. The van der Waals surface area contributed by atoms with E-state index in [1.807, 2.05) is 0 Å². The molecule has 0 spiro atoms. The number of piperidine rings is 1. The van der Waals surface area contributed by atoms with Gasteiger partial charge in [-0.05, 0) is 25.8 Å². The van der Waals surface area contributed by atoms with Crippen molar-refractivity contribution in [2.75, 3.05) is 32.8 Å². The van der Waals surface area contributed by atoms with Crippen LogP contribution in [-0.4, -0.2) is 45.2 Å². The molecule has 19 heavy (non-hydrogen) atoms. The average molecular weight is 278 g/mol. The Labute approximate surface area is 113 Å². The van der Waals surface area contributed by atoms with Gasteiger partial charge in [0.15, 0.2) is 0 Å². The first-order chi connectivity index (χ1) is 9.10. The van der Waals surface area contributed by atoms with Gasteiger partial charge in [0, 0.05) is 13.1 Å². The Balaban J connectivity index is 2.32. The van der Waals surface area contributed by atoms with Gasteiger partial charge in [-0.15, -0.1) is 0 Å². The maximum absolute atomic E-state index is 12.3. The van der Waals surface area contributed by atoms with E-state index >= 15 is 0 Å². The predicted octanol–water partition coefficient (Wildman–Crippen LogP) is 1.55. The van der Waals surface area contributed by atoms with Crippen molar-refractivity contribution < 1.29 is 18.3 Å². The standard InChI is InChI=1S/C13H24F2N2O2/c1-2-4-13(5-3-6-16-10-13)12(18)17-7-8-19-9-11(14)15/h11,16H,2-10H2,1H3,(H,17,18). The fourth-order valence-electron chi connectivity index (χ4n) is 2.56. The second kappa shape index (κ2) is 8.43. The summed E-state index contributed by atoms with van der Waals surface area (Å²) in [6.45, 7) is 3.57. The number of carbonyl (C=O) groups is 1. The van der Waals surface area contributed by atoms with E-state index in [0.29, 0.717) is 6.54 Å². The smallest absolute Gasteiger partial charge is 0.261 e.